The zero-order valence-corrected chi connectivity index (χ0v) is 32.6. The lowest BCUT2D eigenvalue weighted by molar-refractivity contribution is -0.141. The number of nitrogens with one attached hydrogen (secondary N) is 1. The van der Waals surface area contributed by atoms with Gasteiger partial charge in [0.2, 0.25) is 23.7 Å². The molecule has 6 N–H and O–H groups in total. The topological polar surface area (TPSA) is 224 Å². The Bertz CT molecular complexity index is 1850. The fraction of sp³-hybridized carbons (Fsp3) is 0.595. The van der Waals surface area contributed by atoms with E-state index in [1.54, 1.807) is 18.9 Å². The van der Waals surface area contributed by atoms with Gasteiger partial charge in [-0.05, 0) is 38.0 Å². The molecule has 18 heteroatoms. The van der Waals surface area contributed by atoms with Crippen LogP contribution in [0.1, 0.15) is 57.4 Å². The molecule has 3 amide bonds. The lowest BCUT2D eigenvalue weighted by Crippen LogP contribution is -2.51. The maximum absolute atomic E-state index is 13.6. The molecule has 298 valence electrons. The van der Waals surface area contributed by atoms with Crippen molar-refractivity contribution in [1.82, 2.24) is 29.5 Å². The second-order valence-corrected chi connectivity index (χ2v) is 15.7. The van der Waals surface area contributed by atoms with Gasteiger partial charge in [-0.2, -0.15) is 10.1 Å². The number of methoxy groups -OCH3 is 2. The first-order valence-electron chi connectivity index (χ1n) is 19.0. The number of aromatic nitrogens is 4. The van der Waals surface area contributed by atoms with Gasteiger partial charge in [0.05, 0.1) is 37.8 Å². The van der Waals surface area contributed by atoms with E-state index in [9.17, 15) is 19.2 Å². The predicted octanol–water partition coefficient (Wildman–Crippen LogP) is 2.41. The number of nitrogens with zero attached hydrogens (tertiary/aromatic N) is 7. The van der Waals surface area contributed by atoms with Crippen LogP contribution >= 0.6 is 11.8 Å². The summed E-state index contributed by atoms with van der Waals surface area (Å²) in [5, 5.41) is 16.5. The lowest BCUT2D eigenvalue weighted by Gasteiger charge is -2.39. The Kier molecular flexibility index (Phi) is 12.9. The average Bonchev–Trinajstić information content (AvgIpc) is 3.71. The van der Waals surface area contributed by atoms with Crippen LogP contribution in [0.25, 0.3) is 11.0 Å². The number of anilines is 3. The van der Waals surface area contributed by atoms with Crippen LogP contribution in [0.2, 0.25) is 0 Å². The number of likely N-dealkylation sites (tertiary alicyclic amines) is 1. The number of unbranched alkanes of at least 4 members (excludes halogenated alkanes) is 1. The van der Waals surface area contributed by atoms with Crippen LogP contribution in [-0.4, -0.2) is 129 Å². The molecule has 17 nitrogen and oxygen atoms in total. The fourth-order valence-electron chi connectivity index (χ4n) is 7.60. The molecule has 3 fully saturated rings. The number of hydrogen-bond acceptors (Lipinski definition) is 14. The van der Waals surface area contributed by atoms with E-state index in [0.29, 0.717) is 80.5 Å². The van der Waals surface area contributed by atoms with Crippen molar-refractivity contribution in [3.8, 4) is 11.5 Å². The highest BCUT2D eigenvalue weighted by Gasteiger charge is 2.41. The Morgan fingerprint density at radius 1 is 1.05 bits per heavy atom. The monoisotopic (exact) mass is 780 g/mol. The van der Waals surface area contributed by atoms with Gasteiger partial charge in [-0.15, -0.1) is 11.8 Å². The third-order valence-electron chi connectivity index (χ3n) is 10.8. The van der Waals surface area contributed by atoms with E-state index < -0.39 is 17.3 Å². The average molecular weight is 781 g/mol. The number of carbonyl (C=O) groups is 4. The molecule has 2 saturated heterocycles. The first-order chi connectivity index (χ1) is 26.5. The van der Waals surface area contributed by atoms with Crippen molar-refractivity contribution in [3.63, 3.8) is 0 Å². The minimum atomic E-state index is -1.13. The van der Waals surface area contributed by atoms with Gasteiger partial charge in [-0.1, -0.05) is 13.3 Å². The van der Waals surface area contributed by atoms with Crippen LogP contribution in [0, 0.1) is 11.8 Å². The number of imide groups is 1. The number of carbonyl (C=O) groups excluding carboxylic acids is 3. The molecule has 1 saturated carbocycles. The van der Waals surface area contributed by atoms with E-state index in [2.05, 4.69) is 27.1 Å². The molecule has 3 aliphatic rings. The van der Waals surface area contributed by atoms with Gasteiger partial charge < -0.3 is 41.2 Å². The summed E-state index contributed by atoms with van der Waals surface area (Å²) < 4.78 is 13.5. The zero-order valence-electron chi connectivity index (χ0n) is 31.7. The highest BCUT2D eigenvalue weighted by Crippen LogP contribution is 2.37. The van der Waals surface area contributed by atoms with E-state index in [1.807, 2.05) is 23.2 Å². The molecule has 0 radical (unpaired) electrons. The molecule has 3 aromatic rings. The number of thioether (sulfide) groups is 1. The first-order valence-corrected chi connectivity index (χ1v) is 20.0. The first kappa shape index (κ1) is 39.8. The Labute approximate surface area is 324 Å². The number of piperazine rings is 1. The van der Waals surface area contributed by atoms with Crippen molar-refractivity contribution in [3.05, 3.63) is 23.9 Å². The largest absolute Gasteiger partial charge is 0.496 e. The molecule has 2 aromatic heterocycles. The molecule has 6 rings (SSSR count). The Morgan fingerprint density at radius 2 is 1.75 bits per heavy atom. The van der Waals surface area contributed by atoms with E-state index in [1.165, 1.54) is 4.90 Å². The van der Waals surface area contributed by atoms with Gasteiger partial charge in [-0.25, -0.2) is 4.98 Å². The van der Waals surface area contributed by atoms with Crippen LogP contribution in [0.5, 0.6) is 11.5 Å². The van der Waals surface area contributed by atoms with Gasteiger partial charge in [-0.3, -0.25) is 28.8 Å². The molecule has 4 heterocycles. The number of aliphatic carboxylic acids is 1. The van der Waals surface area contributed by atoms with Crippen molar-refractivity contribution in [2.24, 2.45) is 17.6 Å². The summed E-state index contributed by atoms with van der Waals surface area (Å²) in [4.78, 5) is 64.5. The third-order valence-corrected chi connectivity index (χ3v) is 12.1. The van der Waals surface area contributed by atoms with Crippen LogP contribution in [0.3, 0.4) is 0 Å². The maximum atomic E-state index is 13.6. The van der Waals surface area contributed by atoms with Crippen molar-refractivity contribution in [2.45, 2.75) is 69.7 Å². The number of fused-ring (bicyclic) bond motifs is 1. The van der Waals surface area contributed by atoms with Crippen LogP contribution < -0.4 is 31.2 Å². The van der Waals surface area contributed by atoms with Crippen molar-refractivity contribution >= 4 is 63.9 Å². The van der Waals surface area contributed by atoms with E-state index in [-0.39, 0.29) is 47.7 Å². The minimum Gasteiger partial charge on any atom is -0.496 e. The molecular weight excluding hydrogens is 729 g/mol. The molecule has 1 aromatic carbocycles. The number of rotatable bonds is 16. The summed E-state index contributed by atoms with van der Waals surface area (Å²) >= 11 is 1.13. The molecule has 1 unspecified atom stereocenters. The highest BCUT2D eigenvalue weighted by atomic mass is 32.2. The summed E-state index contributed by atoms with van der Waals surface area (Å²) in [6.45, 7) is 6.08. The van der Waals surface area contributed by atoms with Crippen molar-refractivity contribution in [1.29, 1.82) is 0 Å². The summed E-state index contributed by atoms with van der Waals surface area (Å²) in [7, 11) is 3.26. The number of hydrogen-bond donors (Lipinski definition) is 4. The minimum absolute atomic E-state index is 0.0620. The number of amides is 3. The summed E-state index contributed by atoms with van der Waals surface area (Å²) in [6, 6.07) is 2.91. The fourth-order valence-corrected chi connectivity index (χ4v) is 8.71. The summed E-state index contributed by atoms with van der Waals surface area (Å²) in [6.07, 6.45) is 6.88. The number of nitrogen functional groups attached to an aromatic ring is 1. The van der Waals surface area contributed by atoms with Crippen molar-refractivity contribution in [2.75, 3.05) is 75.2 Å². The van der Waals surface area contributed by atoms with Crippen molar-refractivity contribution < 1.29 is 33.8 Å². The molecule has 1 aliphatic carbocycles. The van der Waals surface area contributed by atoms with Gasteiger partial charge in [0.1, 0.15) is 23.1 Å². The second-order valence-electron chi connectivity index (χ2n) is 14.4. The number of carboxylic acid groups (broad SMARTS) is 1. The predicted molar refractivity (Wildman–Crippen MR) is 209 cm³/mol. The van der Waals surface area contributed by atoms with Gasteiger partial charge in [0.25, 0.3) is 0 Å². The normalized spacial score (nSPS) is 20.9. The van der Waals surface area contributed by atoms with E-state index >= 15 is 0 Å². The second kappa shape index (κ2) is 17.7. The Balaban J connectivity index is 1.02. The van der Waals surface area contributed by atoms with Crippen LogP contribution in [-0.2, 0) is 25.7 Å². The summed E-state index contributed by atoms with van der Waals surface area (Å²) in [5.41, 5.74) is 14.6. The molecular formula is C37H52N10O7S. The highest BCUT2D eigenvalue weighted by molar-refractivity contribution is 8.00. The molecule has 0 bridgehead atoms. The maximum Gasteiger partial charge on any atom is 0.321 e. The van der Waals surface area contributed by atoms with Crippen LogP contribution in [0.4, 0.5) is 17.5 Å². The third kappa shape index (κ3) is 9.18. The SMILES string of the molecule is CCCCNc1nc(N)nc2cn(Cc3c(OC)cc(N4CCN(C(=O)C5CCC(CN6C(=O)CC(SC[C@H](N)C(=O)O)C6=O)CC5)CC4)cc3OC)nc12. The molecule has 55 heavy (non-hydrogen) atoms. The zero-order chi connectivity index (χ0) is 39.2. The smallest absolute Gasteiger partial charge is 0.321 e. The van der Waals surface area contributed by atoms with Crippen LogP contribution in [0.15, 0.2) is 18.3 Å². The number of ether oxygens (including phenoxy) is 2. The van der Waals surface area contributed by atoms with Gasteiger partial charge in [0, 0.05) is 75.2 Å². The van der Waals surface area contributed by atoms with Gasteiger partial charge >= 0.3 is 5.97 Å². The molecule has 2 atom stereocenters. The van der Waals surface area contributed by atoms with E-state index in [4.69, 9.17) is 31.1 Å². The quantitative estimate of drug-likeness (QED) is 0.121. The number of carboxylic acids is 1. The molecule has 0 spiro atoms. The number of nitrogens with two attached hydrogens (primary N) is 2. The number of benzene rings is 1. The Morgan fingerprint density at radius 3 is 2.38 bits per heavy atom. The standard InChI is InChI=1S/C37H52N10O7S/c1-4-5-10-40-33-32-27(41-37(39)42-33)20-46(43-32)19-25-28(53-2)15-24(16-29(25)54-3)44-11-13-45(14-12-44)34(49)23-8-6-22(7-9-23)18-47-31(48)17-30(35(47)50)55-21-26(38)36(51)52/h15-16,20,22-23,26,30H,4-14,17-19,21,38H2,1-3H3,(H,51,52)(H3,39,40,41,42)/t22?,23?,26-,30?/m0/s1. The molecule has 2 aliphatic heterocycles. The summed E-state index contributed by atoms with van der Waals surface area (Å²) in [5.74, 6) is 0.740. The Hall–Kier alpha value is -4.84. The lowest BCUT2D eigenvalue weighted by atomic mass is 9.81. The van der Waals surface area contributed by atoms with E-state index in [0.717, 1.165) is 55.2 Å². The van der Waals surface area contributed by atoms with Gasteiger partial charge in [0.15, 0.2) is 11.3 Å².